The summed E-state index contributed by atoms with van der Waals surface area (Å²) in [6.07, 6.45) is 3.61. The van der Waals surface area contributed by atoms with Gasteiger partial charge in [-0.1, -0.05) is 62.4 Å². The van der Waals surface area contributed by atoms with Crippen LogP contribution >= 0.6 is 0 Å². The largest absolute Gasteiger partial charge is 0.465 e. The number of ether oxygens (including phenoxy) is 2. The quantitative estimate of drug-likeness (QED) is 0.500. The van der Waals surface area contributed by atoms with Crippen LogP contribution in [0.3, 0.4) is 0 Å². The van der Waals surface area contributed by atoms with Gasteiger partial charge in [0.25, 0.3) is 0 Å². The Morgan fingerprint density at radius 3 is 2.31 bits per heavy atom. The first-order valence-corrected chi connectivity index (χ1v) is 12.7. The fraction of sp³-hybridized carbons (Fsp3) is 0.419. The van der Waals surface area contributed by atoms with Crippen molar-refractivity contribution in [2.45, 2.75) is 78.6 Å². The van der Waals surface area contributed by atoms with Gasteiger partial charge in [-0.15, -0.1) is 0 Å². The van der Waals surface area contributed by atoms with Gasteiger partial charge in [-0.3, -0.25) is 10.4 Å². The number of aliphatic imine (C=N–C) groups is 1. The van der Waals surface area contributed by atoms with Gasteiger partial charge < -0.3 is 9.47 Å². The average Bonchev–Trinajstić information content (AvgIpc) is 3.23. The molecule has 2 aromatic rings. The summed E-state index contributed by atoms with van der Waals surface area (Å²) >= 11 is 0. The highest BCUT2D eigenvalue weighted by Gasteiger charge is 2.88. The van der Waals surface area contributed by atoms with Gasteiger partial charge in [0.2, 0.25) is 5.79 Å². The number of benzene rings is 2. The van der Waals surface area contributed by atoms with Crippen molar-refractivity contribution in [2.24, 2.45) is 10.4 Å². The van der Waals surface area contributed by atoms with Crippen LogP contribution in [-0.4, -0.2) is 23.8 Å². The van der Waals surface area contributed by atoms with Crippen LogP contribution in [0.5, 0.6) is 0 Å². The highest BCUT2D eigenvalue weighted by atomic mass is 16.7. The summed E-state index contributed by atoms with van der Waals surface area (Å²) in [7, 11) is 0. The van der Waals surface area contributed by atoms with Crippen molar-refractivity contribution in [1.29, 1.82) is 5.41 Å². The molecule has 3 unspecified atom stereocenters. The minimum absolute atomic E-state index is 0.0222. The molecule has 2 heterocycles. The number of nitrogens with zero attached hydrogens (tertiary/aromatic N) is 1. The summed E-state index contributed by atoms with van der Waals surface area (Å²) in [5.41, 5.74) is 6.87. The second-order valence-electron chi connectivity index (χ2n) is 10.6. The lowest BCUT2D eigenvalue weighted by atomic mass is 9.81. The lowest BCUT2D eigenvalue weighted by Gasteiger charge is -2.36. The average molecular weight is 469 g/mol. The molecule has 2 aromatic carbocycles. The molecule has 3 aliphatic rings. The topological polar surface area (TPSA) is 54.7 Å². The lowest BCUT2D eigenvalue weighted by molar-refractivity contribution is -0.208. The van der Waals surface area contributed by atoms with Crippen molar-refractivity contribution in [3.05, 3.63) is 87.7 Å². The van der Waals surface area contributed by atoms with E-state index in [9.17, 15) is 5.41 Å². The number of nitrogens with one attached hydrogen (secondary N) is 1. The standard InChI is InChI=1S/C31H36N2O2/c1-8-23-21(4)34-31(35-22(23)5)29(6)17-18-33-28(24-14-10-9-13-19(24)2)20(3)27(32)25-15-11-12-16-26(25)30(29,31)7/h9-16,18,21,32H,8,17H2,1-7H3/b28-20-,32-27?,33-18?/t21?,29-,30?,31?/m1/s1. The van der Waals surface area contributed by atoms with Crippen LogP contribution in [0.25, 0.3) is 5.70 Å². The summed E-state index contributed by atoms with van der Waals surface area (Å²) in [6, 6.07) is 16.6. The Balaban J connectivity index is 1.73. The van der Waals surface area contributed by atoms with Gasteiger partial charge in [-0.2, -0.15) is 0 Å². The number of hydrogen-bond donors (Lipinski definition) is 1. The molecule has 1 aliphatic carbocycles. The van der Waals surface area contributed by atoms with Crippen LogP contribution in [-0.2, 0) is 14.9 Å². The molecule has 0 radical (unpaired) electrons. The molecule has 0 bridgehead atoms. The second-order valence-corrected chi connectivity index (χ2v) is 10.6. The Morgan fingerprint density at radius 2 is 1.66 bits per heavy atom. The van der Waals surface area contributed by atoms with Crippen LogP contribution in [0.2, 0.25) is 0 Å². The summed E-state index contributed by atoms with van der Waals surface area (Å²) < 4.78 is 13.6. The third kappa shape index (κ3) is 3.02. The number of aryl methyl sites for hydroxylation is 1. The zero-order chi connectivity index (χ0) is 25.2. The number of hydrogen-bond acceptors (Lipinski definition) is 4. The Bertz CT molecular complexity index is 1320. The smallest absolute Gasteiger partial charge is 0.227 e. The Hall–Kier alpha value is -2.98. The molecule has 182 valence electrons. The zero-order valence-corrected chi connectivity index (χ0v) is 22.0. The summed E-state index contributed by atoms with van der Waals surface area (Å²) in [5.74, 6) is 0.154. The van der Waals surface area contributed by atoms with E-state index >= 15 is 0 Å². The third-order valence-corrected chi connectivity index (χ3v) is 8.97. The predicted octanol–water partition coefficient (Wildman–Crippen LogP) is 7.36. The molecule has 0 aromatic heterocycles. The van der Waals surface area contributed by atoms with Gasteiger partial charge in [0.05, 0.1) is 34.1 Å². The maximum Gasteiger partial charge on any atom is 0.227 e. The summed E-state index contributed by atoms with van der Waals surface area (Å²) in [6.45, 7) is 15.0. The van der Waals surface area contributed by atoms with Crippen LogP contribution in [0.1, 0.15) is 76.6 Å². The Labute approximate surface area is 209 Å². The number of rotatable bonds is 2. The molecule has 4 atom stereocenters. The van der Waals surface area contributed by atoms with Crippen LogP contribution in [0.4, 0.5) is 0 Å². The SMILES string of the molecule is CCC1=C(C)OC2(OC1C)C1(C)c3ccccc3C(=N)/C(C)=C(/c3ccccc3C)N=CC[C@@]21C. The van der Waals surface area contributed by atoms with E-state index in [1.807, 2.05) is 31.3 Å². The fourth-order valence-electron chi connectivity index (χ4n) is 6.61. The third-order valence-electron chi connectivity index (χ3n) is 8.97. The molecule has 0 amide bonds. The predicted molar refractivity (Wildman–Crippen MR) is 143 cm³/mol. The van der Waals surface area contributed by atoms with Crippen LogP contribution in [0.15, 0.2) is 70.4 Å². The minimum Gasteiger partial charge on any atom is -0.465 e. The van der Waals surface area contributed by atoms with E-state index in [0.717, 1.165) is 45.7 Å². The maximum atomic E-state index is 9.31. The molecule has 1 fully saturated rings. The van der Waals surface area contributed by atoms with Crippen molar-refractivity contribution < 1.29 is 9.47 Å². The Morgan fingerprint density at radius 1 is 1.00 bits per heavy atom. The molecular weight excluding hydrogens is 432 g/mol. The molecular formula is C31H36N2O2. The van der Waals surface area contributed by atoms with E-state index < -0.39 is 11.2 Å². The van der Waals surface area contributed by atoms with E-state index in [-0.39, 0.29) is 11.5 Å². The van der Waals surface area contributed by atoms with E-state index in [1.165, 1.54) is 5.57 Å². The van der Waals surface area contributed by atoms with Crippen LogP contribution < -0.4 is 0 Å². The van der Waals surface area contributed by atoms with Crippen molar-refractivity contribution in [3.63, 3.8) is 0 Å². The monoisotopic (exact) mass is 468 g/mol. The zero-order valence-electron chi connectivity index (χ0n) is 22.0. The molecule has 4 nitrogen and oxygen atoms in total. The van der Waals surface area contributed by atoms with E-state index in [2.05, 4.69) is 71.9 Å². The second kappa shape index (κ2) is 8.03. The first kappa shape index (κ1) is 23.7. The molecule has 4 heteroatoms. The van der Waals surface area contributed by atoms with Crippen molar-refractivity contribution in [3.8, 4) is 0 Å². The molecule has 35 heavy (non-hydrogen) atoms. The Kier molecular flexibility index (Phi) is 5.45. The van der Waals surface area contributed by atoms with E-state index in [1.54, 1.807) is 0 Å². The number of fused-ring (bicyclic) bond motifs is 5. The molecule has 5 rings (SSSR count). The maximum absolute atomic E-state index is 9.31. The highest BCUT2D eigenvalue weighted by Crippen LogP contribution is 2.78. The number of allylic oxidation sites excluding steroid dienone is 2. The van der Waals surface area contributed by atoms with E-state index in [0.29, 0.717) is 12.1 Å². The van der Waals surface area contributed by atoms with Gasteiger partial charge >= 0.3 is 0 Å². The van der Waals surface area contributed by atoms with Crippen molar-refractivity contribution in [2.75, 3.05) is 0 Å². The molecule has 1 N–H and O–H groups in total. The van der Waals surface area contributed by atoms with Gasteiger partial charge in [0.15, 0.2) is 0 Å². The minimum atomic E-state index is -0.814. The molecule has 1 saturated carbocycles. The lowest BCUT2D eigenvalue weighted by Crippen LogP contribution is -2.38. The van der Waals surface area contributed by atoms with Gasteiger partial charge in [-0.25, -0.2) is 0 Å². The summed E-state index contributed by atoms with van der Waals surface area (Å²) in [5, 5.41) is 9.31. The van der Waals surface area contributed by atoms with Crippen molar-refractivity contribution in [1.82, 2.24) is 0 Å². The first-order valence-electron chi connectivity index (χ1n) is 12.7. The fourth-order valence-corrected chi connectivity index (χ4v) is 6.61. The van der Waals surface area contributed by atoms with Gasteiger partial charge in [0.1, 0.15) is 0 Å². The first-order chi connectivity index (χ1) is 16.6. The molecule has 0 saturated heterocycles. The normalized spacial score (nSPS) is 34.4. The van der Waals surface area contributed by atoms with Gasteiger partial charge in [0, 0.05) is 22.9 Å². The van der Waals surface area contributed by atoms with Crippen molar-refractivity contribution >= 4 is 17.6 Å². The van der Waals surface area contributed by atoms with Crippen LogP contribution in [0, 0.1) is 17.7 Å². The van der Waals surface area contributed by atoms with Gasteiger partial charge in [-0.05, 0) is 64.2 Å². The molecule has 1 spiro atoms. The highest BCUT2D eigenvalue weighted by molar-refractivity contribution is 6.16. The van der Waals surface area contributed by atoms with E-state index in [4.69, 9.17) is 14.5 Å². The summed E-state index contributed by atoms with van der Waals surface area (Å²) in [4.78, 5) is 5.01. The molecule has 2 aliphatic heterocycles.